The smallest absolute Gasteiger partial charge is 0.309 e. The molecule has 15 atom stereocenters. The third-order valence-corrected chi connectivity index (χ3v) is 12.4. The van der Waals surface area contributed by atoms with Crippen molar-refractivity contribution in [2.75, 3.05) is 6.61 Å². The largest absolute Gasteiger partial charge is 0.465 e. The Kier molecular flexibility index (Phi) is 6.85. The van der Waals surface area contributed by atoms with Crippen LogP contribution >= 0.6 is 0 Å². The van der Waals surface area contributed by atoms with Gasteiger partial charge in [0.05, 0.1) is 18.4 Å². The van der Waals surface area contributed by atoms with Crippen LogP contribution in [0.15, 0.2) is 0 Å². The number of cyclic esters (lactones) is 1. The van der Waals surface area contributed by atoms with Crippen molar-refractivity contribution in [1.29, 1.82) is 0 Å². The van der Waals surface area contributed by atoms with Gasteiger partial charge >= 0.3 is 11.9 Å². The summed E-state index contributed by atoms with van der Waals surface area (Å²) in [5.41, 5.74) is -0.338. The molecular weight excluding hydrogens is 448 g/mol. The van der Waals surface area contributed by atoms with Gasteiger partial charge in [-0.15, -0.1) is 0 Å². The molecule has 7 rings (SSSR count). The Hall–Kier alpha value is -1.06. The Labute approximate surface area is 220 Å². The Morgan fingerprint density at radius 1 is 0.750 bits per heavy atom. The summed E-state index contributed by atoms with van der Waals surface area (Å²) in [7, 11) is 0. The number of carbonyl (C=O) groups excluding carboxylic acids is 2. The first-order valence-corrected chi connectivity index (χ1v) is 15.4. The van der Waals surface area contributed by atoms with Crippen LogP contribution in [0.2, 0.25) is 0 Å². The van der Waals surface area contributed by atoms with E-state index >= 15 is 0 Å². The molecule has 1 heterocycles. The van der Waals surface area contributed by atoms with Crippen molar-refractivity contribution in [1.82, 2.24) is 0 Å². The zero-order valence-electron chi connectivity index (χ0n) is 24.3. The minimum Gasteiger partial charge on any atom is -0.465 e. The third-order valence-electron chi connectivity index (χ3n) is 12.4. The number of fused-ring (bicyclic) bond motifs is 14. The van der Waals surface area contributed by atoms with Crippen LogP contribution in [0.4, 0.5) is 0 Å². The van der Waals surface area contributed by atoms with Crippen molar-refractivity contribution in [2.24, 2.45) is 88.8 Å². The molecule has 204 valence electrons. The normalized spacial score (nSPS) is 52.7. The van der Waals surface area contributed by atoms with E-state index < -0.39 is 0 Å². The molecule has 1 saturated heterocycles. The van der Waals surface area contributed by atoms with Crippen molar-refractivity contribution in [3.63, 3.8) is 0 Å². The molecule has 7 aliphatic rings. The molecule has 6 bridgehead atoms. The SMILES string of the molecule is CC.CC1C(C)C2CC1C1C3CC(C(=O)OC(C)(C)C)C(C3)C21.CC1C(C)C2CC1C1COC(=O)C21. The van der Waals surface area contributed by atoms with Gasteiger partial charge in [-0.2, -0.15) is 0 Å². The summed E-state index contributed by atoms with van der Waals surface area (Å²) in [6.07, 6.45) is 5.16. The Bertz CT molecular complexity index is 859. The lowest BCUT2D eigenvalue weighted by Gasteiger charge is -2.43. The molecule has 1 aliphatic heterocycles. The van der Waals surface area contributed by atoms with Gasteiger partial charge in [0.1, 0.15) is 5.60 Å². The lowest BCUT2D eigenvalue weighted by molar-refractivity contribution is -0.164. The number of hydrogen-bond acceptors (Lipinski definition) is 4. The molecule has 15 unspecified atom stereocenters. The lowest BCUT2D eigenvalue weighted by atomic mass is 9.62. The van der Waals surface area contributed by atoms with E-state index in [1.165, 1.54) is 19.3 Å². The Morgan fingerprint density at radius 2 is 1.31 bits per heavy atom. The van der Waals surface area contributed by atoms with E-state index in [2.05, 4.69) is 27.7 Å². The summed E-state index contributed by atoms with van der Waals surface area (Å²) in [4.78, 5) is 24.0. The van der Waals surface area contributed by atoms with Crippen molar-refractivity contribution < 1.29 is 19.1 Å². The van der Waals surface area contributed by atoms with Gasteiger partial charge in [0.25, 0.3) is 0 Å². The first-order chi connectivity index (χ1) is 17.0. The van der Waals surface area contributed by atoms with E-state index in [0.717, 1.165) is 65.6 Å². The van der Waals surface area contributed by atoms with Gasteiger partial charge in [-0.25, -0.2) is 0 Å². The van der Waals surface area contributed by atoms with Gasteiger partial charge in [0, 0.05) is 5.92 Å². The molecule has 0 aromatic carbocycles. The van der Waals surface area contributed by atoms with Crippen LogP contribution in [-0.2, 0) is 19.1 Å². The minimum absolute atomic E-state index is 0.0938. The number of ether oxygens (including phenoxy) is 2. The topological polar surface area (TPSA) is 52.6 Å². The fourth-order valence-electron chi connectivity index (χ4n) is 10.9. The summed E-state index contributed by atoms with van der Waals surface area (Å²) in [5, 5.41) is 0. The first-order valence-electron chi connectivity index (χ1n) is 15.4. The highest BCUT2D eigenvalue weighted by Gasteiger charge is 2.67. The van der Waals surface area contributed by atoms with E-state index in [0.29, 0.717) is 24.4 Å². The highest BCUT2D eigenvalue weighted by molar-refractivity contribution is 5.76. The highest BCUT2D eigenvalue weighted by Crippen LogP contribution is 2.71. The van der Waals surface area contributed by atoms with Crippen LogP contribution in [0, 0.1) is 88.8 Å². The maximum Gasteiger partial charge on any atom is 0.309 e. The molecule has 0 aromatic rings. The molecule has 4 nitrogen and oxygen atoms in total. The molecule has 0 N–H and O–H groups in total. The van der Waals surface area contributed by atoms with E-state index in [1.807, 2.05) is 34.6 Å². The third kappa shape index (κ3) is 3.89. The molecule has 4 heteroatoms. The van der Waals surface area contributed by atoms with E-state index in [-0.39, 0.29) is 29.4 Å². The van der Waals surface area contributed by atoms with Crippen LogP contribution in [0.3, 0.4) is 0 Å². The van der Waals surface area contributed by atoms with Gasteiger partial charge in [0.2, 0.25) is 0 Å². The van der Waals surface area contributed by atoms with Crippen LogP contribution in [0.25, 0.3) is 0 Å². The van der Waals surface area contributed by atoms with Crippen LogP contribution in [-0.4, -0.2) is 24.1 Å². The van der Waals surface area contributed by atoms with Gasteiger partial charge < -0.3 is 9.47 Å². The second-order valence-corrected chi connectivity index (χ2v) is 14.6. The first kappa shape index (κ1) is 26.5. The second-order valence-electron chi connectivity index (χ2n) is 14.6. The van der Waals surface area contributed by atoms with Crippen LogP contribution in [0.1, 0.15) is 88.0 Å². The lowest BCUT2D eigenvalue weighted by Crippen LogP contribution is -2.42. The summed E-state index contributed by atoms with van der Waals surface area (Å²) in [6, 6.07) is 0. The molecule has 6 saturated carbocycles. The van der Waals surface area contributed by atoms with E-state index in [4.69, 9.17) is 9.47 Å². The molecule has 7 fully saturated rings. The summed E-state index contributed by atoms with van der Waals surface area (Å²) in [5.74, 6) is 11.1. The average molecular weight is 501 g/mol. The summed E-state index contributed by atoms with van der Waals surface area (Å²) >= 11 is 0. The highest BCUT2D eigenvalue weighted by atomic mass is 16.6. The van der Waals surface area contributed by atoms with E-state index in [9.17, 15) is 9.59 Å². The second kappa shape index (κ2) is 9.30. The predicted octanol–water partition coefficient (Wildman–Crippen LogP) is 6.86. The molecule has 36 heavy (non-hydrogen) atoms. The summed E-state index contributed by atoms with van der Waals surface area (Å²) < 4.78 is 10.9. The summed E-state index contributed by atoms with van der Waals surface area (Å²) in [6.45, 7) is 20.3. The van der Waals surface area contributed by atoms with Crippen LogP contribution < -0.4 is 0 Å². The van der Waals surface area contributed by atoms with Crippen molar-refractivity contribution in [3.05, 3.63) is 0 Å². The minimum atomic E-state index is -0.338. The zero-order valence-corrected chi connectivity index (χ0v) is 24.3. The van der Waals surface area contributed by atoms with Gasteiger partial charge in [-0.1, -0.05) is 41.5 Å². The Balaban J connectivity index is 0.000000152. The average Bonchev–Trinajstić information content (AvgIpc) is 3.65. The predicted molar refractivity (Wildman–Crippen MR) is 142 cm³/mol. The molecular formula is C32H52O4. The maximum absolute atomic E-state index is 12.6. The quantitative estimate of drug-likeness (QED) is 0.291. The van der Waals surface area contributed by atoms with Crippen LogP contribution in [0.5, 0.6) is 0 Å². The van der Waals surface area contributed by atoms with E-state index in [1.54, 1.807) is 0 Å². The van der Waals surface area contributed by atoms with Crippen molar-refractivity contribution in [3.8, 4) is 0 Å². The molecule has 0 amide bonds. The fraction of sp³-hybridized carbons (Fsp3) is 0.938. The Morgan fingerprint density at radius 3 is 1.94 bits per heavy atom. The molecule has 0 spiro atoms. The van der Waals surface area contributed by atoms with Crippen molar-refractivity contribution >= 4 is 11.9 Å². The fourth-order valence-corrected chi connectivity index (χ4v) is 10.9. The van der Waals surface area contributed by atoms with Gasteiger partial charge in [-0.05, 0) is 117 Å². The monoisotopic (exact) mass is 500 g/mol. The standard InChI is InChI=1S/C19H30O2.C11H16O2.C2H6/c1-9-10(2)13-8-12(9)16-11-6-14(17(13)16)15(7-11)18(20)21-19(3,4)5;1-5-6(2)8-3-7(5)9-4-13-11(12)10(8)9;1-2/h9-17H,6-8H2,1-5H3;5-10H,3-4H2,1-2H3;1-2H3. The number of esters is 2. The number of hydrogen-bond donors (Lipinski definition) is 0. The molecule has 6 aliphatic carbocycles. The van der Waals surface area contributed by atoms with Gasteiger partial charge in [0.15, 0.2) is 0 Å². The molecule has 0 aromatic heterocycles. The zero-order chi connectivity index (χ0) is 26.3. The van der Waals surface area contributed by atoms with Crippen molar-refractivity contribution in [2.45, 2.75) is 93.6 Å². The van der Waals surface area contributed by atoms with Gasteiger partial charge in [-0.3, -0.25) is 9.59 Å². The number of carbonyl (C=O) groups is 2. The molecule has 0 radical (unpaired) electrons. The maximum atomic E-state index is 12.6. The number of rotatable bonds is 1.